The molecule has 0 unspecified atom stereocenters. The van der Waals surface area contributed by atoms with Gasteiger partial charge < -0.3 is 14.7 Å². The Bertz CT molecular complexity index is 1310. The first-order chi connectivity index (χ1) is 16.2. The number of hydrazone groups is 1. The summed E-state index contributed by atoms with van der Waals surface area (Å²) in [6.07, 6.45) is 4.89. The van der Waals surface area contributed by atoms with Gasteiger partial charge >= 0.3 is 0 Å². The molecule has 0 saturated carbocycles. The summed E-state index contributed by atoms with van der Waals surface area (Å²) >= 11 is 0. The Morgan fingerprint density at radius 1 is 1.18 bits per heavy atom. The maximum absolute atomic E-state index is 12.7. The minimum atomic E-state index is -0.483. The van der Waals surface area contributed by atoms with Gasteiger partial charge in [0.1, 0.15) is 11.5 Å². The summed E-state index contributed by atoms with van der Waals surface area (Å²) in [6.45, 7) is 9.66. The molecule has 2 N–H and O–H groups in total. The SMILES string of the molecule is CCCN1c2cc(OC)c(/C=N\NC(=O)c3cc4ccccc4cc3O)cc2C(C)=CC1(C)C. The number of anilines is 1. The van der Waals surface area contributed by atoms with Crippen molar-refractivity contribution < 1.29 is 14.6 Å². The number of fused-ring (bicyclic) bond motifs is 2. The number of phenols is 1. The number of nitrogens with one attached hydrogen (secondary N) is 1. The monoisotopic (exact) mass is 457 g/mol. The molecule has 6 heteroatoms. The lowest BCUT2D eigenvalue weighted by molar-refractivity contribution is 0.0952. The summed E-state index contributed by atoms with van der Waals surface area (Å²) in [5, 5.41) is 16.2. The van der Waals surface area contributed by atoms with Gasteiger partial charge in [-0.1, -0.05) is 37.3 Å². The number of ether oxygens (including phenoxy) is 1. The minimum absolute atomic E-state index is 0.0860. The van der Waals surface area contributed by atoms with Crippen LogP contribution in [0.1, 0.15) is 55.6 Å². The fraction of sp³-hybridized carbons (Fsp3) is 0.286. The van der Waals surface area contributed by atoms with Crippen LogP contribution in [0, 0.1) is 0 Å². The van der Waals surface area contributed by atoms with Gasteiger partial charge in [-0.05, 0) is 61.7 Å². The Morgan fingerprint density at radius 2 is 1.88 bits per heavy atom. The van der Waals surface area contributed by atoms with Gasteiger partial charge in [0, 0.05) is 29.4 Å². The van der Waals surface area contributed by atoms with Crippen LogP contribution in [0.5, 0.6) is 11.5 Å². The number of aromatic hydroxyl groups is 1. The lowest BCUT2D eigenvalue weighted by Gasteiger charge is -2.43. The van der Waals surface area contributed by atoms with Crippen LogP contribution in [-0.4, -0.2) is 36.4 Å². The number of phenolic OH excluding ortho intramolecular Hbond substituents is 1. The number of methoxy groups -OCH3 is 1. The van der Waals surface area contributed by atoms with Crippen LogP contribution in [-0.2, 0) is 0 Å². The number of amides is 1. The average molecular weight is 458 g/mol. The molecule has 0 atom stereocenters. The second kappa shape index (κ2) is 9.21. The highest BCUT2D eigenvalue weighted by molar-refractivity contribution is 6.02. The Morgan fingerprint density at radius 3 is 2.56 bits per heavy atom. The van der Waals surface area contributed by atoms with Crippen LogP contribution in [0.2, 0.25) is 0 Å². The molecule has 0 aromatic heterocycles. The van der Waals surface area contributed by atoms with E-state index < -0.39 is 5.91 Å². The van der Waals surface area contributed by atoms with E-state index >= 15 is 0 Å². The molecule has 176 valence electrons. The third-order valence-corrected chi connectivity index (χ3v) is 6.25. The number of hydrogen-bond acceptors (Lipinski definition) is 5. The van der Waals surface area contributed by atoms with Crippen molar-refractivity contribution in [2.45, 2.75) is 39.7 Å². The van der Waals surface area contributed by atoms with E-state index in [1.807, 2.05) is 36.4 Å². The third kappa shape index (κ3) is 4.36. The molecule has 0 spiro atoms. The topological polar surface area (TPSA) is 74.2 Å². The first-order valence-electron chi connectivity index (χ1n) is 11.5. The van der Waals surface area contributed by atoms with E-state index in [1.54, 1.807) is 25.5 Å². The summed E-state index contributed by atoms with van der Waals surface area (Å²) in [7, 11) is 1.63. The second-order valence-electron chi connectivity index (χ2n) is 9.16. The van der Waals surface area contributed by atoms with Crippen molar-refractivity contribution in [3.05, 3.63) is 71.3 Å². The van der Waals surface area contributed by atoms with E-state index in [0.717, 1.165) is 40.6 Å². The molecular formula is C28H31N3O3. The van der Waals surface area contributed by atoms with Crippen molar-refractivity contribution in [3.8, 4) is 11.5 Å². The van der Waals surface area contributed by atoms with Crippen molar-refractivity contribution in [1.82, 2.24) is 5.43 Å². The van der Waals surface area contributed by atoms with Crippen molar-refractivity contribution in [2.75, 3.05) is 18.6 Å². The van der Waals surface area contributed by atoms with Crippen molar-refractivity contribution >= 4 is 34.2 Å². The molecule has 0 bridgehead atoms. The van der Waals surface area contributed by atoms with Crippen LogP contribution in [0.15, 0.2) is 59.7 Å². The molecule has 4 rings (SSSR count). The average Bonchev–Trinajstić information content (AvgIpc) is 2.80. The largest absolute Gasteiger partial charge is 0.507 e. The number of nitrogens with zero attached hydrogens (tertiary/aromatic N) is 2. The summed E-state index contributed by atoms with van der Waals surface area (Å²) in [5.74, 6) is 0.109. The molecule has 1 amide bonds. The Hall–Kier alpha value is -3.80. The zero-order chi connectivity index (χ0) is 24.5. The first-order valence-corrected chi connectivity index (χ1v) is 11.5. The highest BCUT2D eigenvalue weighted by Gasteiger charge is 2.31. The van der Waals surface area contributed by atoms with Gasteiger partial charge in [-0.2, -0.15) is 5.10 Å². The van der Waals surface area contributed by atoms with Crippen LogP contribution in [0.3, 0.4) is 0 Å². The lowest BCUT2D eigenvalue weighted by atomic mass is 9.87. The predicted molar refractivity (Wildman–Crippen MR) is 139 cm³/mol. The molecule has 34 heavy (non-hydrogen) atoms. The standard InChI is InChI=1S/C28H31N3O3/c1-6-11-31-24-15-26(34-5)21(13-22(24)18(2)16-28(31,3)4)17-29-30-27(33)23-12-19-9-7-8-10-20(19)14-25(23)32/h7-10,12-17,32H,6,11H2,1-5H3,(H,30,33)/b29-17-. The quantitative estimate of drug-likeness (QED) is 0.366. The zero-order valence-electron chi connectivity index (χ0n) is 20.3. The molecular weight excluding hydrogens is 426 g/mol. The van der Waals surface area contributed by atoms with Crippen LogP contribution >= 0.6 is 0 Å². The van der Waals surface area contributed by atoms with E-state index in [1.165, 1.54) is 5.57 Å². The smallest absolute Gasteiger partial charge is 0.275 e. The summed E-state index contributed by atoms with van der Waals surface area (Å²) in [5.41, 5.74) is 6.80. The molecule has 6 nitrogen and oxygen atoms in total. The van der Waals surface area contributed by atoms with E-state index in [9.17, 15) is 9.90 Å². The molecule has 1 aliphatic heterocycles. The summed E-state index contributed by atoms with van der Waals surface area (Å²) in [4.78, 5) is 15.1. The van der Waals surface area contributed by atoms with Gasteiger partial charge in [0.25, 0.3) is 5.91 Å². The number of carbonyl (C=O) groups excluding carboxylic acids is 1. The molecule has 0 radical (unpaired) electrons. The van der Waals surface area contributed by atoms with E-state index in [0.29, 0.717) is 5.75 Å². The zero-order valence-corrected chi connectivity index (χ0v) is 20.3. The molecule has 3 aromatic rings. The van der Waals surface area contributed by atoms with Crippen molar-refractivity contribution in [3.63, 3.8) is 0 Å². The number of carbonyl (C=O) groups is 1. The van der Waals surface area contributed by atoms with Gasteiger partial charge in [-0.15, -0.1) is 0 Å². The molecule has 0 fully saturated rings. The van der Waals surface area contributed by atoms with Gasteiger partial charge in [0.15, 0.2) is 0 Å². The highest BCUT2D eigenvalue weighted by atomic mass is 16.5. The van der Waals surface area contributed by atoms with E-state index in [4.69, 9.17) is 4.74 Å². The molecule has 3 aromatic carbocycles. The summed E-state index contributed by atoms with van der Waals surface area (Å²) in [6, 6.07) is 14.9. The lowest BCUT2D eigenvalue weighted by Crippen LogP contribution is -2.45. The normalized spacial score (nSPS) is 14.7. The minimum Gasteiger partial charge on any atom is -0.507 e. The summed E-state index contributed by atoms with van der Waals surface area (Å²) < 4.78 is 5.66. The molecule has 0 saturated heterocycles. The van der Waals surface area contributed by atoms with Gasteiger partial charge in [0.2, 0.25) is 0 Å². The van der Waals surface area contributed by atoms with E-state index in [2.05, 4.69) is 49.2 Å². The Balaban J connectivity index is 1.62. The number of benzene rings is 3. The van der Waals surface area contributed by atoms with Crippen molar-refractivity contribution in [1.29, 1.82) is 0 Å². The van der Waals surface area contributed by atoms with Crippen LogP contribution in [0.25, 0.3) is 16.3 Å². The fourth-order valence-electron chi connectivity index (χ4n) is 4.66. The highest BCUT2D eigenvalue weighted by Crippen LogP contribution is 2.42. The Labute approximate surface area is 200 Å². The number of rotatable bonds is 6. The number of allylic oxidation sites excluding steroid dienone is 1. The van der Waals surface area contributed by atoms with Gasteiger partial charge in [-0.3, -0.25) is 4.79 Å². The van der Waals surface area contributed by atoms with Gasteiger partial charge in [-0.25, -0.2) is 5.43 Å². The Kier molecular flexibility index (Phi) is 6.33. The molecule has 1 heterocycles. The first kappa shape index (κ1) is 23.4. The number of hydrogen-bond donors (Lipinski definition) is 2. The fourth-order valence-corrected chi connectivity index (χ4v) is 4.66. The maximum Gasteiger partial charge on any atom is 0.275 e. The maximum atomic E-state index is 12.7. The van der Waals surface area contributed by atoms with Crippen LogP contribution < -0.4 is 15.1 Å². The van der Waals surface area contributed by atoms with Gasteiger partial charge in [0.05, 0.1) is 24.4 Å². The van der Waals surface area contributed by atoms with E-state index in [-0.39, 0.29) is 16.9 Å². The predicted octanol–water partition coefficient (Wildman–Crippen LogP) is 5.73. The van der Waals surface area contributed by atoms with Crippen molar-refractivity contribution in [2.24, 2.45) is 5.10 Å². The second-order valence-corrected chi connectivity index (χ2v) is 9.16. The molecule has 0 aliphatic carbocycles. The third-order valence-electron chi connectivity index (χ3n) is 6.25. The van der Waals surface area contributed by atoms with Crippen LogP contribution in [0.4, 0.5) is 5.69 Å². The molecule has 1 aliphatic rings.